The van der Waals surface area contributed by atoms with Crippen LogP contribution in [-0.2, 0) is 6.42 Å². The van der Waals surface area contributed by atoms with Gasteiger partial charge in [-0.05, 0) is 50.3 Å². The number of methoxy groups -OCH3 is 1. The Morgan fingerprint density at radius 2 is 2.19 bits per heavy atom. The monoisotopic (exact) mass is 356 g/mol. The fourth-order valence-electron chi connectivity index (χ4n) is 3.54. The Morgan fingerprint density at radius 1 is 1.38 bits per heavy atom. The van der Waals surface area contributed by atoms with Gasteiger partial charge in [-0.3, -0.25) is 4.79 Å². The van der Waals surface area contributed by atoms with E-state index in [1.165, 1.54) is 5.56 Å². The first-order valence-corrected chi connectivity index (χ1v) is 9.33. The number of H-pyrrole nitrogens is 1. The Bertz CT molecular complexity index is 744. The Morgan fingerprint density at radius 3 is 2.92 bits per heavy atom. The lowest BCUT2D eigenvalue weighted by atomic mass is 10.0. The summed E-state index contributed by atoms with van der Waals surface area (Å²) in [7, 11) is 1.69. The minimum absolute atomic E-state index is 0.110. The molecule has 140 valence electrons. The van der Waals surface area contributed by atoms with Crippen molar-refractivity contribution in [3.63, 3.8) is 0 Å². The van der Waals surface area contributed by atoms with E-state index in [0.29, 0.717) is 17.9 Å². The van der Waals surface area contributed by atoms with Gasteiger partial charge in [-0.25, -0.2) is 4.98 Å². The minimum Gasteiger partial charge on any atom is -0.497 e. The van der Waals surface area contributed by atoms with Crippen molar-refractivity contribution in [2.24, 2.45) is 0 Å². The molecule has 26 heavy (non-hydrogen) atoms. The molecule has 1 aliphatic rings. The number of hydrogen-bond donors (Lipinski definition) is 2. The number of aryl methyl sites for hydroxylation is 1. The lowest BCUT2D eigenvalue weighted by molar-refractivity contribution is 0.372. The average molecular weight is 356 g/mol. The molecule has 1 saturated heterocycles. The van der Waals surface area contributed by atoms with E-state index < -0.39 is 0 Å². The molecular weight excluding hydrogens is 328 g/mol. The van der Waals surface area contributed by atoms with Crippen LogP contribution < -0.4 is 20.5 Å². The van der Waals surface area contributed by atoms with Crippen molar-refractivity contribution >= 4 is 5.82 Å². The van der Waals surface area contributed by atoms with E-state index in [1.807, 2.05) is 12.1 Å². The SMILES string of the molecule is COc1ccc(CC[C@H](C)N[C@H]2CCCN(c3ncc[nH]c3=O)C2)cc1. The van der Waals surface area contributed by atoms with Crippen molar-refractivity contribution in [1.82, 2.24) is 15.3 Å². The van der Waals surface area contributed by atoms with E-state index in [2.05, 4.69) is 39.2 Å². The van der Waals surface area contributed by atoms with Crippen molar-refractivity contribution in [2.75, 3.05) is 25.1 Å². The van der Waals surface area contributed by atoms with Crippen LogP contribution in [0.3, 0.4) is 0 Å². The highest BCUT2D eigenvalue weighted by Gasteiger charge is 2.23. The van der Waals surface area contributed by atoms with Gasteiger partial charge >= 0.3 is 0 Å². The lowest BCUT2D eigenvalue weighted by Gasteiger charge is -2.35. The summed E-state index contributed by atoms with van der Waals surface area (Å²) in [6.07, 6.45) is 7.53. The van der Waals surface area contributed by atoms with Gasteiger partial charge in [0, 0.05) is 37.6 Å². The van der Waals surface area contributed by atoms with Crippen LogP contribution in [0, 0.1) is 0 Å². The molecule has 0 unspecified atom stereocenters. The van der Waals surface area contributed by atoms with Gasteiger partial charge in [0.25, 0.3) is 5.56 Å². The molecule has 0 bridgehead atoms. The van der Waals surface area contributed by atoms with Crippen LogP contribution in [0.2, 0.25) is 0 Å². The number of aromatic amines is 1. The van der Waals surface area contributed by atoms with Gasteiger partial charge in [-0.2, -0.15) is 0 Å². The predicted octanol–water partition coefficient (Wildman–Crippen LogP) is 2.36. The van der Waals surface area contributed by atoms with Crippen LogP contribution in [0.4, 0.5) is 5.82 Å². The molecule has 3 rings (SSSR count). The third kappa shape index (κ3) is 4.85. The number of piperidine rings is 1. The van der Waals surface area contributed by atoms with Gasteiger partial charge in [0.2, 0.25) is 0 Å². The van der Waals surface area contributed by atoms with E-state index in [-0.39, 0.29) is 5.56 Å². The van der Waals surface area contributed by atoms with Gasteiger partial charge in [0.15, 0.2) is 5.82 Å². The van der Waals surface area contributed by atoms with Gasteiger partial charge in [-0.15, -0.1) is 0 Å². The molecule has 0 saturated carbocycles. The first-order valence-electron chi connectivity index (χ1n) is 9.33. The van der Waals surface area contributed by atoms with E-state index in [9.17, 15) is 4.79 Å². The third-order valence-corrected chi connectivity index (χ3v) is 4.96. The summed E-state index contributed by atoms with van der Waals surface area (Å²) in [6.45, 7) is 3.95. The van der Waals surface area contributed by atoms with E-state index in [0.717, 1.165) is 44.5 Å². The second-order valence-electron chi connectivity index (χ2n) is 6.98. The second kappa shape index (κ2) is 8.85. The maximum Gasteiger partial charge on any atom is 0.290 e. The first-order chi connectivity index (χ1) is 12.7. The van der Waals surface area contributed by atoms with Crippen molar-refractivity contribution in [2.45, 2.75) is 44.7 Å². The highest BCUT2D eigenvalue weighted by atomic mass is 16.5. The average Bonchev–Trinajstić information content (AvgIpc) is 2.67. The molecule has 2 N–H and O–H groups in total. The van der Waals surface area contributed by atoms with Crippen molar-refractivity contribution < 1.29 is 4.74 Å². The van der Waals surface area contributed by atoms with E-state index >= 15 is 0 Å². The molecule has 0 aliphatic carbocycles. The Balaban J connectivity index is 1.49. The zero-order chi connectivity index (χ0) is 18.4. The third-order valence-electron chi connectivity index (χ3n) is 4.96. The molecule has 2 heterocycles. The normalized spacial score (nSPS) is 18.5. The maximum absolute atomic E-state index is 12.0. The number of nitrogens with one attached hydrogen (secondary N) is 2. The van der Waals surface area contributed by atoms with Crippen molar-refractivity contribution in [3.05, 3.63) is 52.6 Å². The molecular formula is C20H28N4O2. The number of aromatic nitrogens is 2. The summed E-state index contributed by atoms with van der Waals surface area (Å²) >= 11 is 0. The van der Waals surface area contributed by atoms with Gasteiger partial charge in [0.1, 0.15) is 5.75 Å². The zero-order valence-electron chi connectivity index (χ0n) is 15.6. The van der Waals surface area contributed by atoms with Crippen LogP contribution in [0.5, 0.6) is 5.75 Å². The molecule has 2 atom stereocenters. The van der Waals surface area contributed by atoms with Gasteiger partial charge in [-0.1, -0.05) is 12.1 Å². The topological polar surface area (TPSA) is 70.2 Å². The zero-order valence-corrected chi connectivity index (χ0v) is 15.6. The summed E-state index contributed by atoms with van der Waals surface area (Å²) in [4.78, 5) is 21.0. The lowest BCUT2D eigenvalue weighted by Crippen LogP contribution is -2.50. The van der Waals surface area contributed by atoms with Crippen molar-refractivity contribution in [1.29, 1.82) is 0 Å². The number of benzene rings is 1. The quantitative estimate of drug-likeness (QED) is 0.797. The van der Waals surface area contributed by atoms with Crippen LogP contribution >= 0.6 is 0 Å². The standard InChI is InChI=1S/C20H28N4O2/c1-15(5-6-16-7-9-18(26-2)10-8-16)23-17-4-3-13-24(14-17)19-20(25)22-12-11-21-19/h7-12,15,17,23H,3-6,13-14H2,1-2H3,(H,22,25)/t15-,17-/m0/s1. The molecule has 6 nitrogen and oxygen atoms in total. The number of hydrogen-bond acceptors (Lipinski definition) is 5. The largest absolute Gasteiger partial charge is 0.497 e. The minimum atomic E-state index is -0.110. The highest BCUT2D eigenvalue weighted by Crippen LogP contribution is 2.16. The second-order valence-corrected chi connectivity index (χ2v) is 6.98. The van der Waals surface area contributed by atoms with Gasteiger partial charge in [0.05, 0.1) is 7.11 Å². The van der Waals surface area contributed by atoms with Gasteiger partial charge < -0.3 is 19.9 Å². The fourth-order valence-corrected chi connectivity index (χ4v) is 3.54. The number of ether oxygens (including phenoxy) is 1. The number of rotatable bonds is 7. The molecule has 1 aliphatic heterocycles. The summed E-state index contributed by atoms with van der Waals surface area (Å²) in [5.41, 5.74) is 1.21. The Labute approximate surface area is 154 Å². The van der Waals surface area contributed by atoms with Crippen LogP contribution in [0.25, 0.3) is 0 Å². The molecule has 1 aromatic carbocycles. The summed E-state index contributed by atoms with van der Waals surface area (Å²) in [5, 5.41) is 3.72. The molecule has 2 aromatic rings. The summed E-state index contributed by atoms with van der Waals surface area (Å²) in [5.74, 6) is 1.43. The highest BCUT2D eigenvalue weighted by molar-refractivity contribution is 5.36. The van der Waals surface area contributed by atoms with Crippen LogP contribution in [0.1, 0.15) is 31.7 Å². The predicted molar refractivity (Wildman–Crippen MR) is 104 cm³/mol. The first kappa shape index (κ1) is 18.5. The number of anilines is 1. The van der Waals surface area contributed by atoms with Crippen molar-refractivity contribution in [3.8, 4) is 5.75 Å². The molecule has 0 spiro atoms. The fraction of sp³-hybridized carbons (Fsp3) is 0.500. The molecule has 1 fully saturated rings. The molecule has 6 heteroatoms. The van der Waals surface area contributed by atoms with Crippen LogP contribution in [-0.4, -0.2) is 42.3 Å². The summed E-state index contributed by atoms with van der Waals surface area (Å²) < 4.78 is 5.20. The van der Waals surface area contributed by atoms with E-state index in [4.69, 9.17) is 4.74 Å². The molecule has 0 radical (unpaired) electrons. The summed E-state index contributed by atoms with van der Waals surface area (Å²) in [6, 6.07) is 9.08. The van der Waals surface area contributed by atoms with E-state index in [1.54, 1.807) is 19.5 Å². The maximum atomic E-state index is 12.0. The number of nitrogens with zero attached hydrogens (tertiary/aromatic N) is 2. The smallest absolute Gasteiger partial charge is 0.290 e. The van der Waals surface area contributed by atoms with Crippen LogP contribution in [0.15, 0.2) is 41.5 Å². The molecule has 1 aromatic heterocycles. The Hall–Kier alpha value is -2.34. The Kier molecular flexibility index (Phi) is 6.28. The molecule has 0 amide bonds.